The Labute approximate surface area is 240 Å². The van der Waals surface area contributed by atoms with E-state index in [2.05, 4.69) is 4.98 Å². The van der Waals surface area contributed by atoms with Crippen LogP contribution in [0.3, 0.4) is 0 Å². The molecule has 1 amide bonds. The number of carbonyl (C=O) groups is 2. The van der Waals surface area contributed by atoms with Gasteiger partial charge in [0.15, 0.2) is 0 Å². The topological polar surface area (TPSA) is 96.9 Å². The van der Waals surface area contributed by atoms with Gasteiger partial charge in [-0.2, -0.15) is 4.31 Å². The standard InChI is InChI=1S/C31H34FN3O5S/c1-22-14-15-31(2,29(36)20-22)21-41(38,39)35-18-16-34(17-19-35)30(37)28-5-3-4-27(33-28)23-6-10-25(11-7-23)40-26-12-8-24(32)9-13-26/h3-13,22H,14-21H2,1-2H3. The second kappa shape index (κ2) is 11.7. The van der Waals surface area contributed by atoms with Crippen LogP contribution in [0.25, 0.3) is 11.3 Å². The van der Waals surface area contributed by atoms with E-state index < -0.39 is 15.4 Å². The Hall–Kier alpha value is -3.63. The monoisotopic (exact) mass is 579 g/mol. The Bertz CT molecular complexity index is 1520. The smallest absolute Gasteiger partial charge is 0.272 e. The van der Waals surface area contributed by atoms with Gasteiger partial charge >= 0.3 is 0 Å². The van der Waals surface area contributed by atoms with Gasteiger partial charge < -0.3 is 9.64 Å². The Morgan fingerprint density at radius 1 is 1.00 bits per heavy atom. The summed E-state index contributed by atoms with van der Waals surface area (Å²) in [6.45, 7) is 4.66. The first-order valence-electron chi connectivity index (χ1n) is 13.8. The fourth-order valence-electron chi connectivity index (χ4n) is 5.39. The summed E-state index contributed by atoms with van der Waals surface area (Å²) in [5.41, 5.74) is 0.834. The lowest BCUT2D eigenvalue weighted by atomic mass is 9.72. The van der Waals surface area contributed by atoms with Crippen molar-refractivity contribution in [2.75, 3.05) is 31.9 Å². The molecule has 2 fully saturated rings. The first-order chi connectivity index (χ1) is 19.5. The van der Waals surface area contributed by atoms with Gasteiger partial charge in [-0.1, -0.05) is 19.9 Å². The van der Waals surface area contributed by atoms with Gasteiger partial charge in [-0.25, -0.2) is 17.8 Å². The summed E-state index contributed by atoms with van der Waals surface area (Å²) < 4.78 is 46.7. The number of carbonyl (C=O) groups excluding carboxylic acids is 2. The van der Waals surface area contributed by atoms with E-state index in [9.17, 15) is 22.4 Å². The molecule has 2 unspecified atom stereocenters. The number of piperazine rings is 1. The molecule has 10 heteroatoms. The quantitative estimate of drug-likeness (QED) is 0.384. The molecule has 2 aromatic carbocycles. The number of pyridine rings is 1. The highest BCUT2D eigenvalue weighted by molar-refractivity contribution is 7.89. The van der Waals surface area contributed by atoms with Crippen molar-refractivity contribution in [1.82, 2.24) is 14.2 Å². The third kappa shape index (κ3) is 6.65. The molecule has 1 aliphatic carbocycles. The normalized spacial score (nSPS) is 22.0. The van der Waals surface area contributed by atoms with Gasteiger partial charge in [0.25, 0.3) is 5.91 Å². The second-order valence-electron chi connectivity index (χ2n) is 11.3. The lowest BCUT2D eigenvalue weighted by Crippen LogP contribution is -2.53. The Morgan fingerprint density at radius 2 is 1.63 bits per heavy atom. The number of amides is 1. The van der Waals surface area contributed by atoms with Crippen LogP contribution in [0.2, 0.25) is 0 Å². The van der Waals surface area contributed by atoms with E-state index in [1.165, 1.54) is 16.4 Å². The molecular weight excluding hydrogens is 545 g/mol. The minimum Gasteiger partial charge on any atom is -0.457 e. The molecule has 0 N–H and O–H groups in total. The molecule has 0 spiro atoms. The average molecular weight is 580 g/mol. The number of hydrogen-bond donors (Lipinski definition) is 0. The van der Waals surface area contributed by atoms with Crippen molar-refractivity contribution in [2.24, 2.45) is 11.3 Å². The molecule has 2 aliphatic rings. The Balaban J connectivity index is 1.20. The van der Waals surface area contributed by atoms with Crippen LogP contribution in [0.1, 0.15) is 43.6 Å². The van der Waals surface area contributed by atoms with Crippen molar-refractivity contribution < 1.29 is 27.1 Å². The number of ketones is 1. The molecule has 5 rings (SSSR count). The van der Waals surface area contributed by atoms with Crippen molar-refractivity contribution >= 4 is 21.7 Å². The van der Waals surface area contributed by atoms with Crippen LogP contribution in [0.4, 0.5) is 4.39 Å². The van der Waals surface area contributed by atoms with Crippen molar-refractivity contribution in [1.29, 1.82) is 0 Å². The van der Waals surface area contributed by atoms with Crippen LogP contribution in [-0.2, 0) is 14.8 Å². The number of aromatic nitrogens is 1. The van der Waals surface area contributed by atoms with Gasteiger partial charge in [-0.15, -0.1) is 0 Å². The summed E-state index contributed by atoms with van der Waals surface area (Å²) >= 11 is 0. The van der Waals surface area contributed by atoms with E-state index in [4.69, 9.17) is 4.74 Å². The molecule has 216 valence electrons. The molecule has 0 bridgehead atoms. The number of ether oxygens (including phenoxy) is 1. The minimum absolute atomic E-state index is 0.0228. The summed E-state index contributed by atoms with van der Waals surface area (Å²) in [5.74, 6) is 0.633. The van der Waals surface area contributed by atoms with Gasteiger partial charge in [0.05, 0.1) is 11.4 Å². The van der Waals surface area contributed by atoms with Crippen LogP contribution in [0.15, 0.2) is 66.7 Å². The zero-order valence-corrected chi connectivity index (χ0v) is 24.1. The number of Topliss-reactive ketones (excluding diaryl/α,β-unsaturated/α-hetero) is 1. The first-order valence-corrected chi connectivity index (χ1v) is 15.4. The van der Waals surface area contributed by atoms with E-state index in [1.54, 1.807) is 48.2 Å². The summed E-state index contributed by atoms with van der Waals surface area (Å²) in [6.07, 6.45) is 1.85. The highest BCUT2D eigenvalue weighted by atomic mass is 32.2. The van der Waals surface area contributed by atoms with Crippen molar-refractivity contribution in [3.63, 3.8) is 0 Å². The molecule has 1 saturated heterocycles. The molecule has 3 aromatic rings. The maximum absolute atomic E-state index is 13.3. The van der Waals surface area contributed by atoms with E-state index in [0.717, 1.165) is 12.0 Å². The number of benzene rings is 2. The minimum atomic E-state index is -3.64. The maximum atomic E-state index is 13.3. The summed E-state index contributed by atoms with van der Waals surface area (Å²) in [4.78, 5) is 32.1. The zero-order valence-electron chi connectivity index (χ0n) is 23.3. The maximum Gasteiger partial charge on any atom is 0.272 e. The third-order valence-electron chi connectivity index (χ3n) is 7.98. The van der Waals surface area contributed by atoms with Crippen molar-refractivity contribution in [3.05, 3.63) is 78.2 Å². The lowest BCUT2D eigenvalue weighted by molar-refractivity contribution is -0.130. The summed E-state index contributed by atoms with van der Waals surface area (Å²) in [7, 11) is -3.64. The fourth-order valence-corrected chi connectivity index (χ4v) is 7.41. The van der Waals surface area contributed by atoms with E-state index in [1.807, 2.05) is 25.1 Å². The SMILES string of the molecule is CC1CCC(C)(CS(=O)(=O)N2CCN(C(=O)c3cccc(-c4ccc(Oc5ccc(F)cc5)cc4)n3)CC2)C(=O)C1. The second-order valence-corrected chi connectivity index (χ2v) is 13.2. The van der Waals surface area contributed by atoms with Crippen LogP contribution < -0.4 is 4.74 Å². The van der Waals surface area contributed by atoms with E-state index >= 15 is 0 Å². The highest BCUT2D eigenvalue weighted by Gasteiger charge is 2.43. The molecule has 2 heterocycles. The van der Waals surface area contributed by atoms with Gasteiger partial charge in [-0.05, 0) is 79.4 Å². The van der Waals surface area contributed by atoms with Gasteiger partial charge in [0.2, 0.25) is 10.0 Å². The van der Waals surface area contributed by atoms with Crippen LogP contribution >= 0.6 is 0 Å². The van der Waals surface area contributed by atoms with Gasteiger partial charge in [0.1, 0.15) is 28.8 Å². The van der Waals surface area contributed by atoms with Gasteiger partial charge in [-0.3, -0.25) is 9.59 Å². The van der Waals surface area contributed by atoms with Crippen molar-refractivity contribution in [2.45, 2.75) is 33.1 Å². The molecule has 41 heavy (non-hydrogen) atoms. The van der Waals surface area contributed by atoms with Crippen molar-refractivity contribution in [3.8, 4) is 22.8 Å². The molecule has 1 saturated carbocycles. The van der Waals surface area contributed by atoms with Crippen LogP contribution in [0.5, 0.6) is 11.5 Å². The van der Waals surface area contributed by atoms with E-state index in [0.29, 0.717) is 36.0 Å². The predicted octanol–water partition coefficient (Wildman–Crippen LogP) is 5.16. The highest BCUT2D eigenvalue weighted by Crippen LogP contribution is 2.37. The van der Waals surface area contributed by atoms with Crippen LogP contribution in [-0.4, -0.2) is 66.2 Å². The molecule has 2 atom stereocenters. The van der Waals surface area contributed by atoms with E-state index in [-0.39, 0.29) is 55.1 Å². The fraction of sp³-hybridized carbons (Fsp3) is 0.387. The predicted molar refractivity (Wildman–Crippen MR) is 154 cm³/mol. The largest absolute Gasteiger partial charge is 0.457 e. The summed E-state index contributed by atoms with van der Waals surface area (Å²) in [6, 6.07) is 18.2. The summed E-state index contributed by atoms with van der Waals surface area (Å²) in [5, 5.41) is 0. The molecule has 1 aromatic heterocycles. The number of sulfonamides is 1. The number of rotatable bonds is 7. The van der Waals surface area contributed by atoms with Gasteiger partial charge in [0, 0.05) is 43.6 Å². The molecule has 0 radical (unpaired) electrons. The molecular formula is C31H34FN3O5S. The average Bonchev–Trinajstić information content (AvgIpc) is 2.96. The molecule has 8 nitrogen and oxygen atoms in total. The first kappa shape index (κ1) is 28.9. The Morgan fingerprint density at radius 3 is 2.27 bits per heavy atom. The zero-order chi connectivity index (χ0) is 29.2. The van der Waals surface area contributed by atoms with Crippen LogP contribution in [0, 0.1) is 17.2 Å². The molecule has 1 aliphatic heterocycles. The lowest BCUT2D eigenvalue weighted by Gasteiger charge is -2.38. The number of hydrogen-bond acceptors (Lipinski definition) is 6. The number of nitrogens with zero attached hydrogens (tertiary/aromatic N) is 3. The third-order valence-corrected chi connectivity index (χ3v) is 10.1. The Kier molecular flexibility index (Phi) is 8.24. The number of halogens is 1.